The molecule has 0 aromatic carbocycles. The zero-order chi connectivity index (χ0) is 12.1. The van der Waals surface area contributed by atoms with E-state index in [0.29, 0.717) is 24.5 Å². The quantitative estimate of drug-likeness (QED) is 0.772. The highest BCUT2D eigenvalue weighted by molar-refractivity contribution is 5.76. The maximum absolute atomic E-state index is 11.8. The lowest BCUT2D eigenvalue weighted by Gasteiger charge is -2.30. The topological polar surface area (TPSA) is 50.4 Å². The molecule has 3 unspecified atom stereocenters. The van der Waals surface area contributed by atoms with Crippen molar-refractivity contribution in [1.29, 1.82) is 0 Å². The zero-order valence-corrected chi connectivity index (χ0v) is 10.7. The number of piperidine rings is 1. The van der Waals surface area contributed by atoms with Crippen molar-refractivity contribution in [2.75, 3.05) is 19.7 Å². The molecule has 0 spiro atoms. The Hall–Kier alpha value is -0.610. The van der Waals surface area contributed by atoms with Gasteiger partial charge in [-0.05, 0) is 38.1 Å². The lowest BCUT2D eigenvalue weighted by Crippen LogP contribution is -2.50. The summed E-state index contributed by atoms with van der Waals surface area (Å²) < 4.78 is 5.52. The van der Waals surface area contributed by atoms with Crippen molar-refractivity contribution < 1.29 is 9.53 Å². The van der Waals surface area contributed by atoms with Crippen LogP contribution in [0.2, 0.25) is 0 Å². The molecule has 4 nitrogen and oxygen atoms in total. The Morgan fingerprint density at radius 2 is 2.35 bits per heavy atom. The normalized spacial score (nSPS) is 33.6. The molecule has 0 aromatic rings. The van der Waals surface area contributed by atoms with Crippen LogP contribution in [0.3, 0.4) is 0 Å². The van der Waals surface area contributed by atoms with Crippen molar-refractivity contribution in [1.82, 2.24) is 10.6 Å². The number of ether oxygens (including phenoxy) is 1. The standard InChI is InChI=1S/C13H24N2O2/c1-10-6-7-14-9-12(10)15-13(16)5-4-11-3-2-8-17-11/h10-12,14H,2-9H2,1H3,(H,15,16). The van der Waals surface area contributed by atoms with E-state index in [0.717, 1.165) is 45.4 Å². The van der Waals surface area contributed by atoms with E-state index in [1.807, 2.05) is 0 Å². The Balaban J connectivity index is 1.65. The fourth-order valence-corrected chi connectivity index (χ4v) is 2.63. The van der Waals surface area contributed by atoms with Gasteiger partial charge in [-0.15, -0.1) is 0 Å². The summed E-state index contributed by atoms with van der Waals surface area (Å²) in [5.41, 5.74) is 0. The minimum atomic E-state index is 0.182. The average molecular weight is 240 g/mol. The zero-order valence-electron chi connectivity index (χ0n) is 10.7. The van der Waals surface area contributed by atoms with E-state index in [9.17, 15) is 4.79 Å². The molecule has 2 N–H and O–H groups in total. The van der Waals surface area contributed by atoms with Crippen LogP contribution in [0, 0.1) is 5.92 Å². The van der Waals surface area contributed by atoms with Gasteiger partial charge in [0.25, 0.3) is 0 Å². The number of rotatable bonds is 4. The third-order valence-electron chi connectivity index (χ3n) is 3.89. The minimum Gasteiger partial charge on any atom is -0.378 e. The first-order valence-electron chi connectivity index (χ1n) is 6.87. The molecule has 3 atom stereocenters. The molecule has 0 saturated carbocycles. The Morgan fingerprint density at radius 3 is 3.06 bits per heavy atom. The van der Waals surface area contributed by atoms with Crippen LogP contribution in [0.4, 0.5) is 0 Å². The highest BCUT2D eigenvalue weighted by Crippen LogP contribution is 2.17. The summed E-state index contributed by atoms with van der Waals surface area (Å²) in [7, 11) is 0. The van der Waals surface area contributed by atoms with Gasteiger partial charge in [-0.2, -0.15) is 0 Å². The number of hydrogen-bond acceptors (Lipinski definition) is 3. The van der Waals surface area contributed by atoms with Gasteiger partial charge in [-0.1, -0.05) is 6.92 Å². The Morgan fingerprint density at radius 1 is 1.47 bits per heavy atom. The van der Waals surface area contributed by atoms with Crippen molar-refractivity contribution >= 4 is 5.91 Å². The van der Waals surface area contributed by atoms with Crippen LogP contribution in [-0.2, 0) is 9.53 Å². The maximum Gasteiger partial charge on any atom is 0.220 e. The molecule has 2 rings (SSSR count). The lowest BCUT2D eigenvalue weighted by atomic mass is 9.94. The predicted octanol–water partition coefficient (Wildman–Crippen LogP) is 1.06. The SMILES string of the molecule is CC1CCNCC1NC(=O)CCC1CCCO1. The van der Waals surface area contributed by atoms with Gasteiger partial charge in [0.15, 0.2) is 0 Å². The second-order valence-corrected chi connectivity index (χ2v) is 5.32. The highest BCUT2D eigenvalue weighted by Gasteiger charge is 2.23. The Kier molecular flexibility index (Phi) is 4.80. The molecular weight excluding hydrogens is 216 g/mol. The van der Waals surface area contributed by atoms with Crippen LogP contribution in [0.5, 0.6) is 0 Å². The first-order valence-corrected chi connectivity index (χ1v) is 6.87. The minimum absolute atomic E-state index is 0.182. The number of carbonyl (C=O) groups excluding carboxylic acids is 1. The molecule has 2 heterocycles. The number of hydrogen-bond donors (Lipinski definition) is 2. The van der Waals surface area contributed by atoms with Crippen LogP contribution in [0.1, 0.15) is 39.0 Å². The third kappa shape index (κ3) is 3.96. The Bertz CT molecular complexity index is 252. The molecule has 0 radical (unpaired) electrons. The van der Waals surface area contributed by atoms with E-state index >= 15 is 0 Å². The molecular formula is C13H24N2O2. The molecule has 2 aliphatic rings. The van der Waals surface area contributed by atoms with E-state index in [1.54, 1.807) is 0 Å². The first-order chi connectivity index (χ1) is 8.25. The number of carbonyl (C=O) groups is 1. The van der Waals surface area contributed by atoms with Crippen molar-refractivity contribution in [3.05, 3.63) is 0 Å². The average Bonchev–Trinajstić information content (AvgIpc) is 2.82. The van der Waals surface area contributed by atoms with Gasteiger partial charge in [-0.25, -0.2) is 0 Å². The van der Waals surface area contributed by atoms with Crippen molar-refractivity contribution in [3.63, 3.8) is 0 Å². The molecule has 17 heavy (non-hydrogen) atoms. The fraction of sp³-hybridized carbons (Fsp3) is 0.923. The van der Waals surface area contributed by atoms with Crippen molar-refractivity contribution in [3.8, 4) is 0 Å². The van der Waals surface area contributed by atoms with Crippen molar-refractivity contribution in [2.45, 2.75) is 51.2 Å². The highest BCUT2D eigenvalue weighted by atomic mass is 16.5. The van der Waals surface area contributed by atoms with E-state index in [2.05, 4.69) is 17.6 Å². The molecule has 0 bridgehead atoms. The number of amides is 1. The smallest absolute Gasteiger partial charge is 0.220 e. The summed E-state index contributed by atoms with van der Waals surface area (Å²) in [6.45, 7) is 5.07. The Labute approximate surface area is 103 Å². The van der Waals surface area contributed by atoms with Gasteiger partial charge >= 0.3 is 0 Å². The maximum atomic E-state index is 11.8. The van der Waals surface area contributed by atoms with Gasteiger partial charge in [0, 0.05) is 25.6 Å². The van der Waals surface area contributed by atoms with E-state index < -0.39 is 0 Å². The first kappa shape index (κ1) is 12.8. The van der Waals surface area contributed by atoms with Gasteiger partial charge in [-0.3, -0.25) is 4.79 Å². The summed E-state index contributed by atoms with van der Waals surface area (Å²) in [6.07, 6.45) is 5.22. The molecule has 1 amide bonds. The van der Waals surface area contributed by atoms with E-state index in [-0.39, 0.29) is 5.91 Å². The largest absolute Gasteiger partial charge is 0.378 e. The van der Waals surface area contributed by atoms with Gasteiger partial charge in [0.2, 0.25) is 5.91 Å². The molecule has 4 heteroatoms. The van der Waals surface area contributed by atoms with Gasteiger partial charge < -0.3 is 15.4 Å². The summed E-state index contributed by atoms with van der Waals surface area (Å²) in [6, 6.07) is 0.306. The van der Waals surface area contributed by atoms with Crippen LogP contribution >= 0.6 is 0 Å². The lowest BCUT2D eigenvalue weighted by molar-refractivity contribution is -0.122. The third-order valence-corrected chi connectivity index (χ3v) is 3.89. The van der Waals surface area contributed by atoms with E-state index in [4.69, 9.17) is 4.74 Å². The predicted molar refractivity (Wildman–Crippen MR) is 66.8 cm³/mol. The number of nitrogens with one attached hydrogen (secondary N) is 2. The molecule has 0 aliphatic carbocycles. The van der Waals surface area contributed by atoms with Crippen LogP contribution in [0.25, 0.3) is 0 Å². The van der Waals surface area contributed by atoms with Gasteiger partial charge in [0.05, 0.1) is 6.10 Å². The fourth-order valence-electron chi connectivity index (χ4n) is 2.63. The molecule has 98 valence electrons. The molecule has 0 aromatic heterocycles. The monoisotopic (exact) mass is 240 g/mol. The molecule has 2 saturated heterocycles. The van der Waals surface area contributed by atoms with Crippen LogP contribution in [-0.4, -0.2) is 37.7 Å². The van der Waals surface area contributed by atoms with Crippen molar-refractivity contribution in [2.24, 2.45) is 5.92 Å². The van der Waals surface area contributed by atoms with Crippen LogP contribution in [0.15, 0.2) is 0 Å². The van der Waals surface area contributed by atoms with Gasteiger partial charge in [0.1, 0.15) is 0 Å². The second-order valence-electron chi connectivity index (χ2n) is 5.32. The van der Waals surface area contributed by atoms with Crippen LogP contribution < -0.4 is 10.6 Å². The van der Waals surface area contributed by atoms with E-state index in [1.165, 1.54) is 0 Å². The summed E-state index contributed by atoms with van der Waals surface area (Å²) in [5.74, 6) is 0.768. The molecule has 2 aliphatic heterocycles. The summed E-state index contributed by atoms with van der Waals surface area (Å²) in [4.78, 5) is 11.8. The summed E-state index contributed by atoms with van der Waals surface area (Å²) in [5, 5.41) is 6.46. The summed E-state index contributed by atoms with van der Waals surface area (Å²) >= 11 is 0. The molecule has 2 fully saturated rings. The second kappa shape index (κ2) is 6.36.